The Hall–Kier alpha value is -0.950. The van der Waals surface area contributed by atoms with Gasteiger partial charge in [-0.3, -0.25) is 0 Å². The zero-order valence-electron chi connectivity index (χ0n) is 11.4. The van der Waals surface area contributed by atoms with Crippen LogP contribution in [-0.4, -0.2) is 25.3 Å². The Morgan fingerprint density at radius 1 is 1.40 bits per heavy atom. The van der Waals surface area contributed by atoms with Crippen molar-refractivity contribution < 1.29 is 8.42 Å². The number of rotatable bonds is 3. The Kier molecular flexibility index (Phi) is 3.58. The van der Waals surface area contributed by atoms with Gasteiger partial charge in [-0.1, -0.05) is 18.2 Å². The molecule has 20 heavy (non-hydrogen) atoms. The van der Waals surface area contributed by atoms with Crippen LogP contribution in [0.5, 0.6) is 0 Å². The van der Waals surface area contributed by atoms with E-state index < -0.39 is 10.0 Å². The summed E-state index contributed by atoms with van der Waals surface area (Å²) in [5.41, 5.74) is 5.77. The van der Waals surface area contributed by atoms with Gasteiger partial charge >= 0.3 is 0 Å². The SMILES string of the molecule is CC1CCCN1S(=O)(=O)c1c(CN)sc2ccccc12. The third-order valence-electron chi connectivity index (χ3n) is 3.86. The van der Waals surface area contributed by atoms with Gasteiger partial charge in [0.2, 0.25) is 10.0 Å². The quantitative estimate of drug-likeness (QED) is 0.947. The Bertz CT molecular complexity index is 737. The van der Waals surface area contributed by atoms with Crippen LogP contribution >= 0.6 is 11.3 Å². The molecule has 0 amide bonds. The molecular weight excluding hydrogens is 292 g/mol. The van der Waals surface area contributed by atoms with Gasteiger partial charge in [0.15, 0.2) is 0 Å². The van der Waals surface area contributed by atoms with Gasteiger partial charge in [0.1, 0.15) is 4.90 Å². The van der Waals surface area contributed by atoms with Crippen molar-refractivity contribution in [2.75, 3.05) is 6.54 Å². The van der Waals surface area contributed by atoms with Crippen LogP contribution in [0.2, 0.25) is 0 Å². The number of hydrogen-bond donors (Lipinski definition) is 1. The molecule has 0 spiro atoms. The topological polar surface area (TPSA) is 63.4 Å². The van der Waals surface area contributed by atoms with Crippen LogP contribution < -0.4 is 5.73 Å². The normalized spacial score (nSPS) is 20.8. The van der Waals surface area contributed by atoms with Crippen LogP contribution in [0, 0.1) is 0 Å². The molecule has 2 aromatic rings. The van der Waals surface area contributed by atoms with Gasteiger partial charge in [-0.05, 0) is 25.8 Å². The molecule has 1 unspecified atom stereocenters. The number of thiophene rings is 1. The summed E-state index contributed by atoms with van der Waals surface area (Å²) in [4.78, 5) is 1.18. The van der Waals surface area contributed by atoms with E-state index in [9.17, 15) is 8.42 Å². The zero-order chi connectivity index (χ0) is 14.3. The molecule has 1 aromatic carbocycles. The van der Waals surface area contributed by atoms with E-state index in [4.69, 9.17) is 5.73 Å². The molecule has 1 saturated heterocycles. The van der Waals surface area contributed by atoms with E-state index in [1.165, 1.54) is 11.3 Å². The Labute approximate surface area is 123 Å². The second-order valence-electron chi connectivity index (χ2n) is 5.16. The molecule has 0 radical (unpaired) electrons. The fourth-order valence-corrected chi connectivity index (χ4v) is 6.36. The minimum Gasteiger partial charge on any atom is -0.326 e. The molecule has 108 valence electrons. The van der Waals surface area contributed by atoms with E-state index in [0.29, 0.717) is 11.4 Å². The second kappa shape index (κ2) is 5.11. The van der Waals surface area contributed by atoms with Gasteiger partial charge in [-0.25, -0.2) is 8.42 Å². The second-order valence-corrected chi connectivity index (χ2v) is 8.13. The molecule has 1 aromatic heterocycles. The van der Waals surface area contributed by atoms with Crippen molar-refractivity contribution in [1.29, 1.82) is 0 Å². The summed E-state index contributed by atoms with van der Waals surface area (Å²) in [6.07, 6.45) is 1.86. The van der Waals surface area contributed by atoms with Crippen LogP contribution in [0.4, 0.5) is 0 Å². The lowest BCUT2D eigenvalue weighted by Crippen LogP contribution is -2.34. The number of benzene rings is 1. The van der Waals surface area contributed by atoms with Crippen molar-refractivity contribution in [2.45, 2.75) is 37.2 Å². The minimum atomic E-state index is -3.45. The van der Waals surface area contributed by atoms with E-state index >= 15 is 0 Å². The number of nitrogens with zero attached hydrogens (tertiary/aromatic N) is 1. The number of fused-ring (bicyclic) bond motifs is 1. The third-order valence-corrected chi connectivity index (χ3v) is 7.33. The first-order valence-electron chi connectivity index (χ1n) is 6.78. The van der Waals surface area contributed by atoms with E-state index in [1.54, 1.807) is 4.31 Å². The first-order chi connectivity index (χ1) is 9.55. The summed E-state index contributed by atoms with van der Waals surface area (Å²) in [6.45, 7) is 2.84. The fourth-order valence-electron chi connectivity index (χ4n) is 2.87. The van der Waals surface area contributed by atoms with Crippen LogP contribution in [0.3, 0.4) is 0 Å². The average molecular weight is 310 g/mol. The minimum absolute atomic E-state index is 0.0734. The van der Waals surface area contributed by atoms with Crippen LogP contribution in [0.15, 0.2) is 29.2 Å². The first kappa shape index (κ1) is 14.0. The maximum atomic E-state index is 13.0. The Balaban J connectivity index is 2.22. The van der Waals surface area contributed by atoms with Crippen molar-refractivity contribution in [3.05, 3.63) is 29.1 Å². The van der Waals surface area contributed by atoms with Crippen molar-refractivity contribution in [3.8, 4) is 0 Å². The third kappa shape index (κ3) is 2.07. The van der Waals surface area contributed by atoms with Gasteiger partial charge in [-0.2, -0.15) is 4.31 Å². The fraction of sp³-hybridized carbons (Fsp3) is 0.429. The van der Waals surface area contributed by atoms with E-state index in [1.807, 2.05) is 31.2 Å². The molecule has 2 heterocycles. The molecular formula is C14H18N2O2S2. The van der Waals surface area contributed by atoms with Crippen molar-refractivity contribution >= 4 is 31.4 Å². The Morgan fingerprint density at radius 2 is 2.15 bits per heavy atom. The highest BCUT2D eigenvalue weighted by Crippen LogP contribution is 2.37. The van der Waals surface area contributed by atoms with Crippen LogP contribution in [-0.2, 0) is 16.6 Å². The van der Waals surface area contributed by atoms with Gasteiger partial charge in [0.25, 0.3) is 0 Å². The lowest BCUT2D eigenvalue weighted by atomic mass is 10.2. The summed E-state index contributed by atoms with van der Waals surface area (Å²) < 4.78 is 28.6. The van der Waals surface area contributed by atoms with Gasteiger partial charge < -0.3 is 5.73 Å². The van der Waals surface area contributed by atoms with Crippen molar-refractivity contribution in [1.82, 2.24) is 4.31 Å². The molecule has 6 heteroatoms. The lowest BCUT2D eigenvalue weighted by Gasteiger charge is -2.21. The summed E-state index contributed by atoms with van der Waals surface area (Å²) in [5.74, 6) is 0. The van der Waals surface area contributed by atoms with Crippen molar-refractivity contribution in [3.63, 3.8) is 0 Å². The summed E-state index contributed by atoms with van der Waals surface area (Å²) >= 11 is 1.48. The molecule has 0 saturated carbocycles. The maximum Gasteiger partial charge on any atom is 0.245 e. The highest BCUT2D eigenvalue weighted by molar-refractivity contribution is 7.89. The smallest absolute Gasteiger partial charge is 0.245 e. The number of hydrogen-bond acceptors (Lipinski definition) is 4. The molecule has 0 aliphatic carbocycles. The molecule has 1 aliphatic heterocycles. The Morgan fingerprint density at radius 3 is 2.80 bits per heavy atom. The highest BCUT2D eigenvalue weighted by atomic mass is 32.2. The number of nitrogens with two attached hydrogens (primary N) is 1. The summed E-state index contributed by atoms with van der Waals surface area (Å²) in [6, 6.07) is 7.70. The average Bonchev–Trinajstić information content (AvgIpc) is 3.01. The van der Waals surface area contributed by atoms with Gasteiger partial charge in [-0.15, -0.1) is 11.3 Å². The van der Waals surface area contributed by atoms with Gasteiger partial charge in [0, 0.05) is 34.1 Å². The molecule has 3 rings (SSSR count). The van der Waals surface area contributed by atoms with Gasteiger partial charge in [0.05, 0.1) is 0 Å². The predicted octanol–water partition coefficient (Wildman–Crippen LogP) is 2.53. The molecule has 0 bridgehead atoms. The van der Waals surface area contributed by atoms with Crippen LogP contribution in [0.25, 0.3) is 10.1 Å². The molecule has 1 atom stereocenters. The van der Waals surface area contributed by atoms with E-state index in [0.717, 1.165) is 27.8 Å². The summed E-state index contributed by atoms with van der Waals surface area (Å²) in [7, 11) is -3.45. The highest BCUT2D eigenvalue weighted by Gasteiger charge is 2.35. The molecule has 1 fully saturated rings. The lowest BCUT2D eigenvalue weighted by molar-refractivity contribution is 0.408. The molecule has 1 aliphatic rings. The molecule has 4 nitrogen and oxygen atoms in total. The predicted molar refractivity (Wildman–Crippen MR) is 82.3 cm³/mol. The maximum absolute atomic E-state index is 13.0. The standard InChI is InChI=1S/C14H18N2O2S2/c1-10-5-4-8-16(10)20(17,18)14-11-6-2-3-7-12(11)19-13(14)9-15/h2-3,6-7,10H,4-5,8-9,15H2,1H3. The zero-order valence-corrected chi connectivity index (χ0v) is 13.0. The van der Waals surface area contributed by atoms with E-state index in [2.05, 4.69) is 0 Å². The molecule has 2 N–H and O–H groups in total. The van der Waals surface area contributed by atoms with E-state index in [-0.39, 0.29) is 12.6 Å². The summed E-state index contributed by atoms with van der Waals surface area (Å²) in [5, 5.41) is 0.803. The largest absolute Gasteiger partial charge is 0.326 e. The first-order valence-corrected chi connectivity index (χ1v) is 9.03. The van der Waals surface area contributed by atoms with Crippen LogP contribution in [0.1, 0.15) is 24.6 Å². The number of sulfonamides is 1. The monoisotopic (exact) mass is 310 g/mol. The van der Waals surface area contributed by atoms with Crippen molar-refractivity contribution in [2.24, 2.45) is 5.73 Å².